The third kappa shape index (κ3) is 5.42. The summed E-state index contributed by atoms with van der Waals surface area (Å²) in [5.74, 6) is -0.631. The van der Waals surface area contributed by atoms with Gasteiger partial charge in [0.1, 0.15) is 0 Å². The van der Waals surface area contributed by atoms with Crippen LogP contribution in [0.3, 0.4) is 0 Å². The van der Waals surface area contributed by atoms with Crippen LogP contribution in [0.1, 0.15) is 35.1 Å². The lowest BCUT2D eigenvalue weighted by Gasteiger charge is -2.23. The number of hydrogen-bond acceptors (Lipinski definition) is 5. The van der Waals surface area contributed by atoms with Crippen molar-refractivity contribution < 1.29 is 35.9 Å². The summed E-state index contributed by atoms with van der Waals surface area (Å²) in [5, 5.41) is 6.76. The Morgan fingerprint density at radius 2 is 1.85 bits per heavy atom. The fourth-order valence-corrected chi connectivity index (χ4v) is 5.92. The van der Waals surface area contributed by atoms with Crippen molar-refractivity contribution in [3.8, 4) is 0 Å². The van der Waals surface area contributed by atoms with Crippen LogP contribution in [0.2, 0.25) is 0 Å². The second-order valence-corrected chi connectivity index (χ2v) is 10.5. The third-order valence-electron chi connectivity index (χ3n) is 7.09. The molecule has 2 aliphatic heterocycles. The van der Waals surface area contributed by atoms with E-state index in [1.807, 2.05) is 11.9 Å². The van der Waals surface area contributed by atoms with Crippen molar-refractivity contribution in [2.45, 2.75) is 37.7 Å². The normalized spacial score (nSPS) is 20.5. The lowest BCUT2D eigenvalue weighted by molar-refractivity contribution is -0.143. The Hall–Kier alpha value is -3.32. The molecule has 3 heterocycles. The zero-order valence-electron chi connectivity index (χ0n) is 20.5. The molecular weight excluding hydrogens is 546 g/mol. The predicted molar refractivity (Wildman–Crippen MR) is 134 cm³/mol. The summed E-state index contributed by atoms with van der Waals surface area (Å²) in [4.78, 5) is 29.5. The number of nitrogens with one attached hydrogen (secondary N) is 1. The van der Waals surface area contributed by atoms with E-state index in [0.29, 0.717) is 34.3 Å². The first-order valence-corrected chi connectivity index (χ1v) is 12.8. The lowest BCUT2D eigenvalue weighted by atomic mass is 9.92. The number of rotatable bonds is 5. The Morgan fingerprint density at radius 1 is 1.08 bits per heavy atom. The van der Waals surface area contributed by atoms with Gasteiger partial charge in [-0.15, -0.1) is 0 Å². The van der Waals surface area contributed by atoms with Gasteiger partial charge in [-0.1, -0.05) is 12.1 Å². The maximum atomic E-state index is 13.9. The minimum absolute atomic E-state index is 0.0321. The van der Waals surface area contributed by atoms with Gasteiger partial charge < -0.3 is 4.90 Å². The molecule has 1 N–H and O–H groups in total. The molecule has 5 rings (SSSR count). The van der Waals surface area contributed by atoms with Gasteiger partial charge in [-0.3, -0.25) is 19.6 Å². The van der Waals surface area contributed by atoms with Crippen molar-refractivity contribution in [1.82, 2.24) is 20.0 Å². The Labute approximate surface area is 223 Å². The van der Waals surface area contributed by atoms with E-state index < -0.39 is 46.6 Å². The monoisotopic (exact) mass is 568 g/mol. The van der Waals surface area contributed by atoms with Crippen LogP contribution in [0.15, 0.2) is 47.5 Å². The number of likely N-dealkylation sites (N-methyl/N-ethyl adjacent to an activating group) is 1. The summed E-state index contributed by atoms with van der Waals surface area (Å²) in [6.07, 6.45) is -7.36. The van der Waals surface area contributed by atoms with Gasteiger partial charge in [-0.2, -0.15) is 31.4 Å². The number of alkyl halides is 6. The second-order valence-electron chi connectivity index (χ2n) is 9.58. The Morgan fingerprint density at radius 3 is 2.51 bits per heavy atom. The summed E-state index contributed by atoms with van der Waals surface area (Å²) in [6, 6.07) is 6.23. The number of halogens is 6. The number of aromatic nitrogens is 2. The van der Waals surface area contributed by atoms with Crippen LogP contribution in [0, 0.1) is 0 Å². The molecule has 0 saturated carbocycles. The topological polar surface area (TPSA) is 69.3 Å². The number of fused-ring (bicyclic) bond motifs is 1. The zero-order valence-corrected chi connectivity index (χ0v) is 21.3. The van der Waals surface area contributed by atoms with Crippen molar-refractivity contribution in [3.63, 3.8) is 0 Å². The predicted octanol–water partition coefficient (Wildman–Crippen LogP) is 6.34. The SMILES string of the molecule is CN1CCC[C@H]1CN1C(=O)S/C(=C(/Cc2ccc(C(F)(F)F)cc2C(F)(F)F)c2ccc3[nH]ncc3c2)C1=O. The molecule has 0 aliphatic carbocycles. The molecule has 39 heavy (non-hydrogen) atoms. The fraction of sp³-hybridized carbons (Fsp3) is 0.346. The number of carbonyl (C=O) groups is 2. The first kappa shape index (κ1) is 27.3. The molecule has 1 aromatic heterocycles. The third-order valence-corrected chi connectivity index (χ3v) is 8.11. The smallest absolute Gasteiger partial charge is 0.302 e. The molecule has 0 unspecified atom stereocenters. The van der Waals surface area contributed by atoms with Gasteiger partial charge in [-0.25, -0.2) is 0 Å². The van der Waals surface area contributed by atoms with E-state index in [0.717, 1.165) is 30.4 Å². The zero-order chi connectivity index (χ0) is 28.1. The maximum Gasteiger partial charge on any atom is 0.416 e. The number of allylic oxidation sites excluding steroid dienone is 1. The van der Waals surface area contributed by atoms with Gasteiger partial charge in [0, 0.05) is 18.0 Å². The van der Waals surface area contributed by atoms with Gasteiger partial charge in [0.25, 0.3) is 11.1 Å². The van der Waals surface area contributed by atoms with E-state index in [1.54, 1.807) is 18.2 Å². The number of imide groups is 1. The number of nitrogens with zero attached hydrogens (tertiary/aromatic N) is 3. The van der Waals surface area contributed by atoms with Crippen LogP contribution in [-0.2, 0) is 23.6 Å². The van der Waals surface area contributed by atoms with Crippen LogP contribution in [0.25, 0.3) is 16.5 Å². The van der Waals surface area contributed by atoms with Gasteiger partial charge >= 0.3 is 12.4 Å². The Bertz CT molecular complexity index is 1480. The molecule has 0 radical (unpaired) electrons. The highest BCUT2D eigenvalue weighted by Gasteiger charge is 2.41. The number of H-pyrrole nitrogens is 1. The van der Waals surface area contributed by atoms with Crippen molar-refractivity contribution in [2.24, 2.45) is 0 Å². The summed E-state index contributed by atoms with van der Waals surface area (Å²) in [6.45, 7) is 0.966. The Kier molecular flexibility index (Phi) is 7.00. The fourth-order valence-electron chi connectivity index (χ4n) is 4.97. The van der Waals surface area contributed by atoms with Crippen LogP contribution in [0.4, 0.5) is 31.1 Å². The standard InChI is InChI=1S/C26H22F6N4O2S/c1-35-8-2-3-18(35)13-36-23(37)22(39-24(36)38)19(14-5-7-21-16(9-14)12-33-34-21)10-15-4-6-17(25(27,28)29)11-20(15)26(30,31)32/h4-7,9,11-12,18H,2-3,8,10,13H2,1H3,(H,33,34)/b22-19-/t18-/m0/s1. The summed E-state index contributed by atoms with van der Waals surface area (Å²) < 4.78 is 81.5. The number of hydrogen-bond donors (Lipinski definition) is 1. The van der Waals surface area contributed by atoms with Crippen molar-refractivity contribution in [1.29, 1.82) is 0 Å². The number of benzene rings is 2. The number of thioether (sulfide) groups is 1. The van der Waals surface area contributed by atoms with Crippen molar-refractivity contribution >= 4 is 39.4 Å². The summed E-state index contributed by atoms with van der Waals surface area (Å²) >= 11 is 0.631. The molecule has 2 amide bonds. The highest BCUT2D eigenvalue weighted by atomic mass is 32.2. The largest absolute Gasteiger partial charge is 0.416 e. The van der Waals surface area contributed by atoms with Crippen LogP contribution in [-0.4, -0.2) is 57.3 Å². The molecule has 2 aliphatic rings. The van der Waals surface area contributed by atoms with Gasteiger partial charge in [-0.05, 0) is 85.6 Å². The molecule has 206 valence electrons. The van der Waals surface area contributed by atoms with Gasteiger partial charge in [0.2, 0.25) is 0 Å². The molecule has 2 saturated heterocycles. The molecule has 2 fully saturated rings. The van der Waals surface area contributed by atoms with E-state index in [9.17, 15) is 35.9 Å². The first-order valence-electron chi connectivity index (χ1n) is 12.0. The molecule has 13 heteroatoms. The van der Waals surface area contributed by atoms with E-state index in [1.165, 1.54) is 6.20 Å². The highest BCUT2D eigenvalue weighted by Crippen LogP contribution is 2.42. The first-order chi connectivity index (χ1) is 18.3. The van der Waals surface area contributed by atoms with Crippen LogP contribution >= 0.6 is 11.8 Å². The minimum atomic E-state index is -5.08. The molecule has 0 bridgehead atoms. The molecule has 6 nitrogen and oxygen atoms in total. The molecule has 1 atom stereocenters. The van der Waals surface area contributed by atoms with E-state index >= 15 is 0 Å². The quantitative estimate of drug-likeness (QED) is 0.287. The van der Waals surface area contributed by atoms with Crippen LogP contribution in [0.5, 0.6) is 0 Å². The van der Waals surface area contributed by atoms with E-state index in [4.69, 9.17) is 0 Å². The summed E-state index contributed by atoms with van der Waals surface area (Å²) in [5.41, 5.74) is -2.21. The summed E-state index contributed by atoms with van der Waals surface area (Å²) in [7, 11) is 1.89. The Balaban J connectivity index is 1.61. The average Bonchev–Trinajstić information content (AvgIpc) is 3.57. The van der Waals surface area contributed by atoms with E-state index in [2.05, 4.69) is 10.2 Å². The molecule has 2 aromatic carbocycles. The van der Waals surface area contributed by atoms with E-state index in [-0.39, 0.29) is 29.1 Å². The molecule has 0 spiro atoms. The maximum absolute atomic E-state index is 13.9. The highest BCUT2D eigenvalue weighted by molar-refractivity contribution is 8.18. The van der Waals surface area contributed by atoms with Crippen molar-refractivity contribution in [3.05, 3.63) is 69.8 Å². The van der Waals surface area contributed by atoms with Crippen LogP contribution < -0.4 is 0 Å². The second kappa shape index (κ2) is 10.0. The van der Waals surface area contributed by atoms with Gasteiger partial charge in [0.05, 0.1) is 27.7 Å². The van der Waals surface area contributed by atoms with Gasteiger partial charge in [0.15, 0.2) is 0 Å². The number of amides is 2. The number of aromatic amines is 1. The molecular formula is C26H22F6N4O2S. The molecule has 3 aromatic rings. The number of carbonyl (C=O) groups excluding carboxylic acids is 2. The number of likely N-dealkylation sites (tertiary alicyclic amines) is 1. The lowest BCUT2D eigenvalue weighted by Crippen LogP contribution is -2.40. The van der Waals surface area contributed by atoms with Crippen molar-refractivity contribution in [2.75, 3.05) is 20.1 Å². The minimum Gasteiger partial charge on any atom is -0.302 e. The average molecular weight is 569 g/mol.